The first kappa shape index (κ1) is 24.4. The lowest BCUT2D eigenvalue weighted by Gasteiger charge is -2.51. The molecule has 0 aromatic carbocycles. The molecule has 4 heterocycles. The number of quaternary nitrogens is 1. The van der Waals surface area contributed by atoms with Crippen LogP contribution in [0.3, 0.4) is 0 Å². The average molecular weight is 510 g/mol. The summed E-state index contributed by atoms with van der Waals surface area (Å²) in [7, 11) is 5.46. The van der Waals surface area contributed by atoms with Gasteiger partial charge in [-0.25, -0.2) is 4.98 Å². The van der Waals surface area contributed by atoms with Crippen molar-refractivity contribution >= 4 is 51.7 Å². The molecule has 0 aliphatic carbocycles. The summed E-state index contributed by atoms with van der Waals surface area (Å²) in [6, 6.07) is -0.903. The van der Waals surface area contributed by atoms with Gasteiger partial charge < -0.3 is 30.3 Å². The van der Waals surface area contributed by atoms with Gasteiger partial charge in [-0.15, -0.1) is 23.1 Å². The zero-order valence-corrected chi connectivity index (χ0v) is 20.8. The number of piperazine rings is 1. The Labute approximate surface area is 205 Å². The summed E-state index contributed by atoms with van der Waals surface area (Å²) in [6.07, 6.45) is 0. The van der Waals surface area contributed by atoms with Gasteiger partial charge in [0.25, 0.3) is 11.8 Å². The number of thioether (sulfide) groups is 1. The Kier molecular flexibility index (Phi) is 6.85. The summed E-state index contributed by atoms with van der Waals surface area (Å²) in [4.78, 5) is 50.2. The van der Waals surface area contributed by atoms with Crippen LogP contribution in [0.1, 0.15) is 5.69 Å². The Bertz CT molecular complexity index is 1060. The molecule has 2 atom stereocenters. The maximum Gasteiger partial charge on any atom is 0.276 e. The van der Waals surface area contributed by atoms with Gasteiger partial charge in [0.15, 0.2) is 10.8 Å². The largest absolute Gasteiger partial charge is 0.543 e. The predicted molar refractivity (Wildman–Crippen MR) is 125 cm³/mol. The smallest absolute Gasteiger partial charge is 0.276 e. The van der Waals surface area contributed by atoms with E-state index < -0.39 is 29.2 Å². The number of hydrogen-bond acceptors (Lipinski definition) is 11. The van der Waals surface area contributed by atoms with Gasteiger partial charge in [-0.3, -0.25) is 19.4 Å². The number of amides is 2. The number of anilines is 1. The monoisotopic (exact) mass is 509 g/mol. The molecule has 184 valence electrons. The standard InChI is InChI=1S/C20H27N7O5S2/c1-25-4-6-27(2,7-5-25)8-11-9-33-18-14(17(29)26(18)15(11)19(30)31)23-16(28)13(24-32-3)12-10-34-20(21)22-12/h10,14,18H,4-9H2,1-3H3,(H3-,21,22,23,28,30,31)/b24-13-/t14?,18-/m1/s1. The molecule has 1 aromatic heterocycles. The first-order valence-electron chi connectivity index (χ1n) is 10.7. The van der Waals surface area contributed by atoms with E-state index in [-0.39, 0.29) is 22.2 Å². The zero-order valence-electron chi connectivity index (χ0n) is 19.1. The van der Waals surface area contributed by atoms with E-state index in [0.29, 0.717) is 22.4 Å². The van der Waals surface area contributed by atoms with Crippen molar-refractivity contribution in [2.75, 3.05) is 65.4 Å². The van der Waals surface area contributed by atoms with Crippen molar-refractivity contribution in [3.63, 3.8) is 0 Å². The number of nitrogens with two attached hydrogens (primary N) is 1. The van der Waals surface area contributed by atoms with Crippen molar-refractivity contribution in [1.29, 1.82) is 0 Å². The van der Waals surface area contributed by atoms with Gasteiger partial charge in [-0.1, -0.05) is 5.16 Å². The minimum absolute atomic E-state index is 0.0735. The molecule has 2 saturated heterocycles. The number of carbonyl (C=O) groups excluding carboxylic acids is 3. The highest BCUT2D eigenvalue weighted by Crippen LogP contribution is 2.40. The maximum absolute atomic E-state index is 13.0. The van der Waals surface area contributed by atoms with Gasteiger partial charge in [0.1, 0.15) is 30.8 Å². The van der Waals surface area contributed by atoms with E-state index in [1.54, 1.807) is 5.38 Å². The van der Waals surface area contributed by atoms with Crippen molar-refractivity contribution in [2.45, 2.75) is 11.4 Å². The van der Waals surface area contributed by atoms with E-state index >= 15 is 0 Å². The molecule has 3 aliphatic rings. The van der Waals surface area contributed by atoms with E-state index in [2.05, 4.69) is 34.5 Å². The van der Waals surface area contributed by atoms with Gasteiger partial charge in [-0.2, -0.15) is 0 Å². The summed E-state index contributed by atoms with van der Waals surface area (Å²) in [5.74, 6) is -2.10. The normalized spacial score (nSPS) is 25.0. The number of nitrogen functional groups attached to an aromatic ring is 1. The van der Waals surface area contributed by atoms with Crippen LogP contribution in [-0.2, 0) is 19.2 Å². The molecule has 34 heavy (non-hydrogen) atoms. The molecular formula is C20H27N7O5S2. The lowest BCUT2D eigenvalue weighted by molar-refractivity contribution is -0.909. The van der Waals surface area contributed by atoms with Crippen molar-refractivity contribution < 1.29 is 28.8 Å². The van der Waals surface area contributed by atoms with Crippen LogP contribution in [0.4, 0.5) is 5.13 Å². The summed E-state index contributed by atoms with van der Waals surface area (Å²) >= 11 is 2.56. The molecule has 0 spiro atoms. The van der Waals surface area contributed by atoms with Crippen molar-refractivity contribution in [1.82, 2.24) is 20.1 Å². The number of carbonyl (C=O) groups is 3. The highest BCUT2D eigenvalue weighted by molar-refractivity contribution is 8.00. The second kappa shape index (κ2) is 9.52. The van der Waals surface area contributed by atoms with Crippen LogP contribution < -0.4 is 16.2 Å². The first-order valence-corrected chi connectivity index (χ1v) is 12.6. The molecule has 0 radical (unpaired) electrons. The Morgan fingerprint density at radius 3 is 2.71 bits per heavy atom. The minimum Gasteiger partial charge on any atom is -0.543 e. The third-order valence-electron chi connectivity index (χ3n) is 6.31. The Morgan fingerprint density at radius 2 is 2.12 bits per heavy atom. The third kappa shape index (κ3) is 4.62. The highest BCUT2D eigenvalue weighted by Gasteiger charge is 2.53. The van der Waals surface area contributed by atoms with Gasteiger partial charge in [-0.05, 0) is 7.05 Å². The Balaban J connectivity index is 1.50. The van der Waals surface area contributed by atoms with Gasteiger partial charge >= 0.3 is 0 Å². The molecule has 3 aliphatic heterocycles. The van der Waals surface area contributed by atoms with Crippen LogP contribution >= 0.6 is 23.1 Å². The molecule has 1 unspecified atom stereocenters. The molecule has 4 rings (SSSR count). The summed E-state index contributed by atoms with van der Waals surface area (Å²) in [5.41, 5.74) is 6.36. The fourth-order valence-corrected chi connectivity index (χ4v) is 6.24. The number of thiazole rings is 1. The number of aromatic nitrogens is 1. The number of hydrogen-bond donors (Lipinski definition) is 2. The van der Waals surface area contributed by atoms with Crippen LogP contribution in [0.15, 0.2) is 21.8 Å². The second-order valence-electron chi connectivity index (χ2n) is 8.82. The van der Waals surface area contributed by atoms with Crippen LogP contribution in [-0.4, -0.2) is 114 Å². The summed E-state index contributed by atoms with van der Waals surface area (Å²) in [6.45, 7) is 4.17. The number of rotatable bonds is 7. The molecule has 0 saturated carbocycles. The van der Waals surface area contributed by atoms with Crippen LogP contribution in [0, 0.1) is 0 Å². The fraction of sp³-hybridized carbons (Fsp3) is 0.550. The van der Waals surface area contributed by atoms with E-state index in [1.165, 1.54) is 23.8 Å². The minimum atomic E-state index is -1.38. The number of oxime groups is 1. The molecule has 12 nitrogen and oxygen atoms in total. The quantitative estimate of drug-likeness (QED) is 0.182. The number of fused-ring (bicyclic) bond motifs is 1. The van der Waals surface area contributed by atoms with E-state index in [1.807, 2.05) is 0 Å². The second-order valence-corrected chi connectivity index (χ2v) is 10.8. The number of carboxylic acid groups (broad SMARTS) is 1. The lowest BCUT2D eigenvalue weighted by atomic mass is 10.0. The number of nitrogens with one attached hydrogen (secondary N) is 1. The van der Waals surface area contributed by atoms with Crippen LogP contribution in [0.2, 0.25) is 0 Å². The number of aliphatic carboxylic acids is 1. The molecule has 2 amide bonds. The molecule has 1 aromatic rings. The molecule has 3 N–H and O–H groups in total. The molecule has 0 bridgehead atoms. The van der Waals surface area contributed by atoms with Gasteiger partial charge in [0.05, 0.1) is 31.8 Å². The molecular weight excluding hydrogens is 482 g/mol. The molecule has 2 fully saturated rings. The summed E-state index contributed by atoms with van der Waals surface area (Å²) in [5, 5.41) is 19.7. The van der Waals surface area contributed by atoms with Crippen molar-refractivity contribution in [3.05, 3.63) is 22.3 Å². The molecule has 14 heteroatoms. The number of carboxylic acids is 1. The summed E-state index contributed by atoms with van der Waals surface area (Å²) < 4.78 is 0.706. The van der Waals surface area contributed by atoms with E-state index in [9.17, 15) is 19.5 Å². The topological polar surface area (TPSA) is 153 Å². The van der Waals surface area contributed by atoms with Crippen LogP contribution in [0.25, 0.3) is 0 Å². The SMILES string of the molecule is CO/N=C(\C(=O)NC1C(=O)N2C(C(=O)[O-])=C(C[N+]3(C)CCN(C)CC3)CS[C@H]12)c1csc(N)n1. The number of nitrogens with zero attached hydrogens (tertiary/aromatic N) is 5. The van der Waals surface area contributed by atoms with E-state index in [0.717, 1.165) is 37.5 Å². The van der Waals surface area contributed by atoms with E-state index in [4.69, 9.17) is 10.6 Å². The Hall–Kier alpha value is -2.68. The predicted octanol–water partition coefficient (Wildman–Crippen LogP) is -2.13. The van der Waals surface area contributed by atoms with Crippen molar-refractivity contribution in [2.24, 2.45) is 5.16 Å². The number of β-lactam (4-membered cyclic amide) rings is 1. The third-order valence-corrected chi connectivity index (χ3v) is 8.32. The van der Waals surface area contributed by atoms with Gasteiger partial charge in [0, 0.05) is 29.8 Å². The first-order chi connectivity index (χ1) is 16.1. The zero-order chi connectivity index (χ0) is 24.6. The lowest BCUT2D eigenvalue weighted by Crippen LogP contribution is -2.72. The van der Waals surface area contributed by atoms with Gasteiger partial charge in [0.2, 0.25) is 0 Å². The van der Waals surface area contributed by atoms with Crippen molar-refractivity contribution in [3.8, 4) is 0 Å². The van der Waals surface area contributed by atoms with Crippen LogP contribution in [0.5, 0.6) is 0 Å². The maximum atomic E-state index is 13.0. The number of likely N-dealkylation sites (N-methyl/N-ethyl adjacent to an activating group) is 2. The highest BCUT2D eigenvalue weighted by atomic mass is 32.2. The Morgan fingerprint density at radius 1 is 1.41 bits per heavy atom. The fourth-order valence-electron chi connectivity index (χ4n) is 4.36. The average Bonchev–Trinajstić information content (AvgIpc) is 3.23.